The number of aromatic hydroxyl groups is 1. The van der Waals surface area contributed by atoms with Gasteiger partial charge in [0, 0.05) is 10.2 Å². The molecule has 0 aliphatic carbocycles. The summed E-state index contributed by atoms with van der Waals surface area (Å²) in [6.45, 7) is 4.61. The molecule has 2 N–H and O–H groups in total. The summed E-state index contributed by atoms with van der Waals surface area (Å²) >= 11 is 3.31. The number of carbonyl (C=O) groups excluding carboxylic acids is 1. The van der Waals surface area contributed by atoms with E-state index in [-0.39, 0.29) is 17.1 Å². The predicted octanol–water partition coefficient (Wildman–Crippen LogP) is 4.50. The van der Waals surface area contributed by atoms with Gasteiger partial charge in [0.05, 0.1) is 13.2 Å². The van der Waals surface area contributed by atoms with Crippen molar-refractivity contribution < 1.29 is 19.4 Å². The van der Waals surface area contributed by atoms with E-state index in [1.165, 1.54) is 12.1 Å². The molecular weight excluding hydrogens is 412 g/mol. The summed E-state index contributed by atoms with van der Waals surface area (Å²) in [6.07, 6.45) is 1.43. The van der Waals surface area contributed by atoms with Gasteiger partial charge in [0.25, 0.3) is 5.91 Å². The molecule has 2 aromatic carbocycles. The second-order valence-corrected chi connectivity index (χ2v) is 6.21. The summed E-state index contributed by atoms with van der Waals surface area (Å²) in [5.41, 5.74) is 0.997. The van der Waals surface area contributed by atoms with Gasteiger partial charge in [0.1, 0.15) is 17.4 Å². The third-order valence-corrected chi connectivity index (χ3v) is 4.15. The Labute approximate surface area is 166 Å². The molecule has 0 saturated heterocycles. The Morgan fingerprint density at radius 1 is 1.22 bits per heavy atom. The zero-order valence-corrected chi connectivity index (χ0v) is 16.5. The summed E-state index contributed by atoms with van der Waals surface area (Å²) in [5.74, 6) is 0.400. The normalized spacial score (nSPS) is 10.8. The fourth-order valence-electron chi connectivity index (χ4n) is 2.24. The average molecular weight is 431 g/mol. The van der Waals surface area contributed by atoms with E-state index in [0.29, 0.717) is 34.7 Å². The van der Waals surface area contributed by atoms with Crippen LogP contribution >= 0.6 is 15.9 Å². The number of carbonyl (C=O) groups is 1. The molecule has 0 aliphatic rings. The molecule has 7 heteroatoms. The molecule has 0 atom stereocenters. The van der Waals surface area contributed by atoms with E-state index in [1.54, 1.807) is 37.3 Å². The number of hydrogen-bond acceptors (Lipinski definition) is 5. The molecule has 0 fully saturated rings. The van der Waals surface area contributed by atoms with Gasteiger partial charge in [-0.1, -0.05) is 15.9 Å². The van der Waals surface area contributed by atoms with E-state index in [4.69, 9.17) is 9.47 Å². The molecule has 2 aromatic rings. The fourth-order valence-corrected chi connectivity index (χ4v) is 2.69. The Balaban J connectivity index is 2.23. The highest BCUT2D eigenvalue weighted by Crippen LogP contribution is 2.33. The van der Waals surface area contributed by atoms with Crippen molar-refractivity contribution in [2.45, 2.75) is 13.8 Å². The molecule has 0 radical (unpaired) electrons. The largest absolute Gasteiger partial charge is 0.504 e. The highest BCUT2D eigenvalue weighted by atomic mass is 79.9. The molecular formula is C20H19BrN2O4. The number of ether oxygens (including phenoxy) is 2. The number of nitriles is 1. The minimum atomic E-state index is -0.542. The third kappa shape index (κ3) is 5.50. The van der Waals surface area contributed by atoms with E-state index < -0.39 is 5.91 Å². The first-order chi connectivity index (χ1) is 13.0. The summed E-state index contributed by atoms with van der Waals surface area (Å²) in [5, 5.41) is 21.9. The van der Waals surface area contributed by atoms with Crippen molar-refractivity contribution in [3.8, 4) is 23.3 Å². The van der Waals surface area contributed by atoms with E-state index in [0.717, 1.165) is 0 Å². The van der Waals surface area contributed by atoms with Crippen LogP contribution in [0.5, 0.6) is 17.2 Å². The molecule has 1 amide bonds. The molecule has 140 valence electrons. The van der Waals surface area contributed by atoms with Crippen LogP contribution < -0.4 is 14.8 Å². The van der Waals surface area contributed by atoms with Crippen molar-refractivity contribution in [3.63, 3.8) is 0 Å². The van der Waals surface area contributed by atoms with Gasteiger partial charge in [-0.2, -0.15) is 5.26 Å². The first kappa shape index (κ1) is 20.3. The number of nitrogens with zero attached hydrogens (tertiary/aromatic N) is 1. The Bertz CT molecular complexity index is 886. The lowest BCUT2D eigenvalue weighted by molar-refractivity contribution is -0.112. The van der Waals surface area contributed by atoms with Crippen LogP contribution in [-0.2, 0) is 4.79 Å². The van der Waals surface area contributed by atoms with Gasteiger partial charge in [-0.25, -0.2) is 0 Å². The minimum Gasteiger partial charge on any atom is -0.504 e. The lowest BCUT2D eigenvalue weighted by Gasteiger charge is -2.09. The Morgan fingerprint density at radius 3 is 2.48 bits per heavy atom. The van der Waals surface area contributed by atoms with Gasteiger partial charge in [-0.15, -0.1) is 0 Å². The number of halogens is 1. The van der Waals surface area contributed by atoms with E-state index in [1.807, 2.05) is 13.0 Å². The second-order valence-electron chi connectivity index (χ2n) is 5.36. The number of anilines is 1. The highest BCUT2D eigenvalue weighted by Gasteiger charge is 2.13. The third-order valence-electron chi connectivity index (χ3n) is 3.47. The standard InChI is InChI=1S/C20H19BrN2O4/c1-3-26-16-7-5-15(6-8-16)23-20(25)14(12-22)9-13-10-19(27-4-2)18(24)11-17(13)21/h5-11,24H,3-4H2,1-2H3,(H,23,25)/b14-9+. The van der Waals surface area contributed by atoms with Crippen LogP contribution in [0.1, 0.15) is 19.4 Å². The molecule has 0 aliphatic heterocycles. The maximum absolute atomic E-state index is 12.4. The van der Waals surface area contributed by atoms with Gasteiger partial charge in [0.2, 0.25) is 0 Å². The maximum atomic E-state index is 12.4. The summed E-state index contributed by atoms with van der Waals surface area (Å²) in [7, 11) is 0. The van der Waals surface area contributed by atoms with Crippen LogP contribution in [-0.4, -0.2) is 24.2 Å². The first-order valence-corrected chi connectivity index (χ1v) is 9.09. The molecule has 0 unspecified atom stereocenters. The SMILES string of the molecule is CCOc1ccc(NC(=O)/C(C#N)=C/c2cc(OCC)c(O)cc2Br)cc1. The van der Waals surface area contributed by atoms with E-state index in [2.05, 4.69) is 21.2 Å². The zero-order chi connectivity index (χ0) is 19.8. The molecule has 6 nitrogen and oxygen atoms in total. The summed E-state index contributed by atoms with van der Waals surface area (Å²) in [4.78, 5) is 12.4. The monoisotopic (exact) mass is 430 g/mol. The Morgan fingerprint density at radius 2 is 1.89 bits per heavy atom. The van der Waals surface area contributed by atoms with Crippen LogP contribution in [0.25, 0.3) is 6.08 Å². The molecule has 2 rings (SSSR count). The number of nitrogens with one attached hydrogen (secondary N) is 1. The average Bonchev–Trinajstić information content (AvgIpc) is 2.65. The molecule has 0 aromatic heterocycles. The van der Waals surface area contributed by atoms with Crippen LogP contribution in [0.4, 0.5) is 5.69 Å². The quantitative estimate of drug-likeness (QED) is 0.498. The van der Waals surface area contributed by atoms with Crippen molar-refractivity contribution in [2.24, 2.45) is 0 Å². The summed E-state index contributed by atoms with van der Waals surface area (Å²) in [6, 6.07) is 11.8. The number of benzene rings is 2. The van der Waals surface area contributed by atoms with Gasteiger partial charge in [0.15, 0.2) is 11.5 Å². The lowest BCUT2D eigenvalue weighted by Crippen LogP contribution is -2.13. The number of amides is 1. The maximum Gasteiger partial charge on any atom is 0.266 e. The number of phenolic OH excluding ortho intramolecular Hbond substituents is 1. The highest BCUT2D eigenvalue weighted by molar-refractivity contribution is 9.10. The smallest absolute Gasteiger partial charge is 0.266 e. The first-order valence-electron chi connectivity index (χ1n) is 8.29. The molecule has 0 saturated carbocycles. The van der Waals surface area contributed by atoms with Crippen LogP contribution in [0.15, 0.2) is 46.4 Å². The van der Waals surface area contributed by atoms with E-state index >= 15 is 0 Å². The Hall–Kier alpha value is -2.98. The predicted molar refractivity (Wildman–Crippen MR) is 107 cm³/mol. The van der Waals surface area contributed by atoms with Crippen molar-refractivity contribution in [1.29, 1.82) is 5.26 Å². The molecule has 0 spiro atoms. The van der Waals surface area contributed by atoms with Crippen molar-refractivity contribution in [3.05, 3.63) is 52.0 Å². The number of phenols is 1. The molecule has 27 heavy (non-hydrogen) atoms. The summed E-state index contributed by atoms with van der Waals surface area (Å²) < 4.78 is 11.2. The number of hydrogen-bond donors (Lipinski definition) is 2. The van der Waals surface area contributed by atoms with Crippen LogP contribution in [0.3, 0.4) is 0 Å². The van der Waals surface area contributed by atoms with Crippen LogP contribution in [0.2, 0.25) is 0 Å². The fraction of sp³-hybridized carbons (Fsp3) is 0.200. The van der Waals surface area contributed by atoms with Crippen LogP contribution in [0, 0.1) is 11.3 Å². The van der Waals surface area contributed by atoms with Gasteiger partial charge < -0.3 is 19.9 Å². The lowest BCUT2D eigenvalue weighted by atomic mass is 10.1. The molecule has 0 heterocycles. The zero-order valence-electron chi connectivity index (χ0n) is 15.0. The molecule has 0 bridgehead atoms. The van der Waals surface area contributed by atoms with Crippen molar-refractivity contribution in [1.82, 2.24) is 0 Å². The van der Waals surface area contributed by atoms with Gasteiger partial charge in [-0.05, 0) is 61.9 Å². The second kappa shape index (κ2) is 9.64. The minimum absolute atomic E-state index is 0.0294. The Kier molecular flexibility index (Phi) is 7.26. The topological polar surface area (TPSA) is 91.6 Å². The van der Waals surface area contributed by atoms with E-state index in [9.17, 15) is 15.2 Å². The number of rotatable bonds is 7. The van der Waals surface area contributed by atoms with Crippen molar-refractivity contribution in [2.75, 3.05) is 18.5 Å². The van der Waals surface area contributed by atoms with Gasteiger partial charge >= 0.3 is 0 Å². The van der Waals surface area contributed by atoms with Gasteiger partial charge in [-0.3, -0.25) is 4.79 Å². The van der Waals surface area contributed by atoms with Crippen molar-refractivity contribution >= 4 is 33.6 Å².